The van der Waals surface area contributed by atoms with Gasteiger partial charge in [0.15, 0.2) is 0 Å². The summed E-state index contributed by atoms with van der Waals surface area (Å²) in [5.41, 5.74) is 0. The fourth-order valence-electron chi connectivity index (χ4n) is 2.44. The number of nitrogens with one attached hydrogen (secondary N) is 2. The predicted molar refractivity (Wildman–Crippen MR) is 77.7 cm³/mol. The van der Waals surface area contributed by atoms with Crippen molar-refractivity contribution in [2.24, 2.45) is 0 Å². The largest absolute Gasteiger partial charge is 0.380 e. The van der Waals surface area contributed by atoms with E-state index in [1.807, 2.05) is 0 Å². The van der Waals surface area contributed by atoms with E-state index in [1.54, 1.807) is 7.11 Å². The van der Waals surface area contributed by atoms with Crippen LogP contribution < -0.4 is 10.0 Å². The van der Waals surface area contributed by atoms with Crippen LogP contribution in [0.1, 0.15) is 46.0 Å². The van der Waals surface area contributed by atoms with Gasteiger partial charge in [0.05, 0.1) is 11.9 Å². The van der Waals surface area contributed by atoms with Gasteiger partial charge in [0, 0.05) is 19.2 Å². The lowest BCUT2D eigenvalue weighted by Gasteiger charge is -2.19. The first-order valence-corrected chi connectivity index (χ1v) is 8.86. The lowest BCUT2D eigenvalue weighted by molar-refractivity contribution is 0.0916. The quantitative estimate of drug-likeness (QED) is 0.628. The summed E-state index contributed by atoms with van der Waals surface area (Å²) in [6.07, 6.45) is 4.48. The minimum Gasteiger partial charge on any atom is -0.380 e. The van der Waals surface area contributed by atoms with Gasteiger partial charge in [-0.1, -0.05) is 13.8 Å². The SMILES string of the molecule is COC1CCCC1NS(=O)(=O)CCCCNC(C)C. The van der Waals surface area contributed by atoms with Crippen LogP contribution in [0.25, 0.3) is 0 Å². The molecule has 0 radical (unpaired) electrons. The molecule has 19 heavy (non-hydrogen) atoms. The maximum atomic E-state index is 12.0. The maximum absolute atomic E-state index is 12.0. The van der Waals surface area contributed by atoms with Crippen LogP contribution >= 0.6 is 0 Å². The molecule has 6 heteroatoms. The number of rotatable bonds is 9. The van der Waals surface area contributed by atoms with E-state index >= 15 is 0 Å². The van der Waals surface area contributed by atoms with Gasteiger partial charge < -0.3 is 10.1 Å². The van der Waals surface area contributed by atoms with Crippen LogP contribution in [0.5, 0.6) is 0 Å². The molecule has 114 valence electrons. The Bertz CT molecular complexity index is 344. The van der Waals surface area contributed by atoms with E-state index in [4.69, 9.17) is 4.74 Å². The highest BCUT2D eigenvalue weighted by molar-refractivity contribution is 7.89. The Hall–Kier alpha value is -0.170. The Morgan fingerprint density at radius 3 is 2.63 bits per heavy atom. The average Bonchev–Trinajstić information content (AvgIpc) is 2.74. The van der Waals surface area contributed by atoms with Crippen molar-refractivity contribution in [2.45, 2.75) is 64.1 Å². The van der Waals surface area contributed by atoms with Crippen molar-refractivity contribution in [3.05, 3.63) is 0 Å². The van der Waals surface area contributed by atoms with Gasteiger partial charge in [-0.05, 0) is 38.6 Å². The van der Waals surface area contributed by atoms with Crippen molar-refractivity contribution in [3.8, 4) is 0 Å². The second-order valence-electron chi connectivity index (χ2n) is 5.56. The van der Waals surface area contributed by atoms with Crippen molar-refractivity contribution in [2.75, 3.05) is 19.4 Å². The summed E-state index contributed by atoms with van der Waals surface area (Å²) in [6.45, 7) is 5.05. The summed E-state index contributed by atoms with van der Waals surface area (Å²) in [5, 5.41) is 3.29. The van der Waals surface area contributed by atoms with Crippen LogP contribution in [0.4, 0.5) is 0 Å². The van der Waals surface area contributed by atoms with E-state index < -0.39 is 10.0 Å². The number of unbranched alkanes of at least 4 members (excludes halogenated alkanes) is 1. The molecule has 1 saturated carbocycles. The standard InChI is InChI=1S/C13H28N2O3S/c1-11(2)14-9-4-5-10-19(16,17)15-12-7-6-8-13(12)18-3/h11-15H,4-10H2,1-3H3. The molecule has 0 aromatic rings. The Morgan fingerprint density at radius 2 is 2.00 bits per heavy atom. The normalized spacial score (nSPS) is 24.2. The van der Waals surface area contributed by atoms with Gasteiger partial charge in [-0.15, -0.1) is 0 Å². The maximum Gasteiger partial charge on any atom is 0.211 e. The lowest BCUT2D eigenvalue weighted by atomic mass is 10.2. The number of sulfonamides is 1. The first kappa shape index (κ1) is 16.9. The second kappa shape index (κ2) is 8.19. The van der Waals surface area contributed by atoms with Crippen LogP contribution in [0.15, 0.2) is 0 Å². The summed E-state index contributed by atoms with van der Waals surface area (Å²) in [6, 6.07) is 0.416. The molecule has 1 aliphatic rings. The van der Waals surface area contributed by atoms with Gasteiger partial charge in [0.2, 0.25) is 10.0 Å². The summed E-state index contributed by atoms with van der Waals surface area (Å²) < 4.78 is 32.0. The number of hydrogen-bond donors (Lipinski definition) is 2. The Labute approximate surface area is 117 Å². The minimum atomic E-state index is -3.17. The highest BCUT2D eigenvalue weighted by atomic mass is 32.2. The molecule has 0 heterocycles. The molecule has 1 rings (SSSR count). The molecule has 0 spiro atoms. The van der Waals surface area contributed by atoms with E-state index in [-0.39, 0.29) is 17.9 Å². The zero-order chi connectivity index (χ0) is 14.3. The Morgan fingerprint density at radius 1 is 1.26 bits per heavy atom. The van der Waals surface area contributed by atoms with Gasteiger partial charge in [-0.3, -0.25) is 0 Å². The Kier molecular flexibility index (Phi) is 7.28. The molecule has 0 aromatic heterocycles. The molecule has 1 fully saturated rings. The van der Waals surface area contributed by atoms with Gasteiger partial charge >= 0.3 is 0 Å². The molecule has 2 N–H and O–H groups in total. The van der Waals surface area contributed by atoms with E-state index in [0.29, 0.717) is 12.5 Å². The highest BCUT2D eigenvalue weighted by Crippen LogP contribution is 2.22. The first-order valence-electron chi connectivity index (χ1n) is 7.21. The van der Waals surface area contributed by atoms with Crippen LogP contribution in [0, 0.1) is 0 Å². The summed E-state index contributed by atoms with van der Waals surface area (Å²) in [5.74, 6) is 0.208. The molecule has 2 atom stereocenters. The summed E-state index contributed by atoms with van der Waals surface area (Å²) in [4.78, 5) is 0. The second-order valence-corrected chi connectivity index (χ2v) is 7.44. The monoisotopic (exact) mass is 292 g/mol. The molecule has 2 unspecified atom stereocenters. The van der Waals surface area contributed by atoms with Gasteiger partial charge in [-0.2, -0.15) is 0 Å². The van der Waals surface area contributed by atoms with Gasteiger partial charge in [0.25, 0.3) is 0 Å². The molecule has 0 aromatic carbocycles. The average molecular weight is 292 g/mol. The first-order chi connectivity index (χ1) is 8.94. The third kappa shape index (κ3) is 6.70. The summed E-state index contributed by atoms with van der Waals surface area (Å²) in [7, 11) is -1.52. The van der Waals surface area contributed by atoms with Crippen molar-refractivity contribution in [1.29, 1.82) is 0 Å². The topological polar surface area (TPSA) is 67.4 Å². The lowest BCUT2D eigenvalue weighted by Crippen LogP contribution is -2.41. The van der Waals surface area contributed by atoms with E-state index in [0.717, 1.165) is 32.2 Å². The van der Waals surface area contributed by atoms with Crippen LogP contribution in [-0.2, 0) is 14.8 Å². The molecule has 5 nitrogen and oxygen atoms in total. The van der Waals surface area contributed by atoms with Crippen molar-refractivity contribution < 1.29 is 13.2 Å². The Balaban J connectivity index is 2.24. The fourth-order valence-corrected chi connectivity index (χ4v) is 3.87. The highest BCUT2D eigenvalue weighted by Gasteiger charge is 2.30. The minimum absolute atomic E-state index is 0.0382. The predicted octanol–water partition coefficient (Wildman–Crippen LogP) is 1.25. The summed E-state index contributed by atoms with van der Waals surface area (Å²) >= 11 is 0. The number of methoxy groups -OCH3 is 1. The third-order valence-corrected chi connectivity index (χ3v) is 4.97. The molecule has 0 aliphatic heterocycles. The molecular weight excluding hydrogens is 264 g/mol. The van der Waals surface area contributed by atoms with Crippen LogP contribution in [0.2, 0.25) is 0 Å². The van der Waals surface area contributed by atoms with Crippen LogP contribution in [-0.4, -0.2) is 46.0 Å². The van der Waals surface area contributed by atoms with E-state index in [9.17, 15) is 8.42 Å². The molecule has 1 aliphatic carbocycles. The smallest absolute Gasteiger partial charge is 0.211 e. The fraction of sp³-hybridized carbons (Fsp3) is 1.00. The van der Waals surface area contributed by atoms with Crippen molar-refractivity contribution >= 4 is 10.0 Å². The zero-order valence-electron chi connectivity index (χ0n) is 12.3. The van der Waals surface area contributed by atoms with Crippen molar-refractivity contribution in [3.63, 3.8) is 0 Å². The number of hydrogen-bond acceptors (Lipinski definition) is 4. The zero-order valence-corrected chi connectivity index (χ0v) is 13.1. The van der Waals surface area contributed by atoms with Gasteiger partial charge in [0.1, 0.15) is 0 Å². The molecule has 0 bridgehead atoms. The third-order valence-electron chi connectivity index (χ3n) is 3.48. The van der Waals surface area contributed by atoms with Crippen LogP contribution in [0.3, 0.4) is 0 Å². The van der Waals surface area contributed by atoms with Crippen molar-refractivity contribution in [1.82, 2.24) is 10.0 Å². The number of ether oxygens (including phenoxy) is 1. The molecular formula is C13H28N2O3S. The van der Waals surface area contributed by atoms with Gasteiger partial charge in [-0.25, -0.2) is 13.1 Å². The van der Waals surface area contributed by atoms with E-state index in [1.165, 1.54) is 0 Å². The molecule has 0 amide bonds. The molecule has 0 saturated heterocycles. The van der Waals surface area contributed by atoms with E-state index in [2.05, 4.69) is 23.9 Å².